The second-order valence-electron chi connectivity index (χ2n) is 3.72. The van der Waals surface area contributed by atoms with Gasteiger partial charge in [-0.25, -0.2) is 13.1 Å². The Labute approximate surface area is 75.4 Å². The Morgan fingerprint density at radius 1 is 1.25 bits per heavy atom. The molecule has 1 aliphatic carbocycles. The zero-order valence-electron chi connectivity index (χ0n) is 7.76. The lowest BCUT2D eigenvalue weighted by Crippen LogP contribution is -2.46. The molecule has 0 bridgehead atoms. The van der Waals surface area contributed by atoms with Gasteiger partial charge in [0.15, 0.2) is 0 Å². The normalized spacial score (nSPS) is 23.8. The minimum atomic E-state index is -3.07. The largest absolute Gasteiger partial charge is 0.218 e. The Morgan fingerprint density at radius 2 is 1.75 bits per heavy atom. The van der Waals surface area contributed by atoms with Crippen LogP contribution in [0.25, 0.3) is 0 Å². The molecule has 0 spiro atoms. The van der Waals surface area contributed by atoms with Crippen LogP contribution in [0, 0.1) is 0 Å². The topological polar surface area (TPSA) is 46.2 Å². The fourth-order valence-electron chi connectivity index (χ4n) is 1.81. The van der Waals surface area contributed by atoms with Crippen LogP contribution in [0.1, 0.15) is 32.1 Å². The van der Waals surface area contributed by atoms with Crippen molar-refractivity contribution in [3.63, 3.8) is 0 Å². The number of hydrogen-bond acceptors (Lipinski definition) is 2. The second kappa shape index (κ2) is 3.38. The highest BCUT2D eigenvalue weighted by molar-refractivity contribution is 7.92. The van der Waals surface area contributed by atoms with Crippen LogP contribution >= 0.6 is 0 Å². The van der Waals surface area contributed by atoms with Gasteiger partial charge in [-0.1, -0.05) is 19.3 Å². The molecule has 0 aromatic heterocycles. The van der Waals surface area contributed by atoms with Crippen LogP contribution in [0.15, 0.2) is 0 Å². The molecule has 5 heteroatoms. The zero-order valence-corrected chi connectivity index (χ0v) is 8.58. The third-order valence-corrected chi connectivity index (χ3v) is 5.07. The Hall–Kier alpha value is -0.0251. The van der Waals surface area contributed by atoms with Gasteiger partial charge < -0.3 is 0 Å². The third-order valence-electron chi connectivity index (χ3n) is 2.83. The maximum atomic E-state index is 11.6. The molecule has 1 N–H and O–H groups in total. The lowest BCUT2D eigenvalue weighted by molar-refractivity contribution is 0.450. The summed E-state index contributed by atoms with van der Waals surface area (Å²) in [5, 5.41) is 0. The summed E-state index contributed by atoms with van der Waals surface area (Å²) in [7, 11) is 0.270. The fraction of sp³-hybridized carbons (Fsp3) is 1.00. The highest BCUT2D eigenvalue weighted by Gasteiger charge is 2.38. The molecule has 0 heterocycles. The highest BCUT2D eigenvalue weighted by Crippen LogP contribution is 2.31. The van der Waals surface area contributed by atoms with E-state index in [1.165, 1.54) is 13.5 Å². The summed E-state index contributed by atoms with van der Waals surface area (Å²) < 4.78 is 25.0. The Balaban J connectivity index is 2.83. The maximum Gasteiger partial charge on any atom is 0.209 e. The number of nitrogens with one attached hydrogen (secondary N) is 1. The smallest absolute Gasteiger partial charge is 0.209 e. The van der Waals surface area contributed by atoms with Crippen molar-refractivity contribution in [1.29, 1.82) is 0 Å². The van der Waals surface area contributed by atoms with E-state index in [2.05, 4.69) is 4.72 Å². The van der Waals surface area contributed by atoms with E-state index in [9.17, 15) is 8.42 Å². The summed E-state index contributed by atoms with van der Waals surface area (Å²) in [6.07, 6.45) is 4.86. The summed E-state index contributed by atoms with van der Waals surface area (Å²) in [4.78, 5) is 0. The molecular weight excluding hydrogens is 173 g/mol. The molecule has 0 aromatic carbocycles. The first-order chi connectivity index (χ1) is 5.52. The first-order valence-electron chi connectivity index (χ1n) is 4.45. The predicted molar refractivity (Wildman–Crippen MR) is 52.3 cm³/mol. The Morgan fingerprint density at radius 3 is 2.17 bits per heavy atom. The molecule has 1 aliphatic rings. The SMILES string of the molecule is BC1(S(=O)(=O)NC)CCCCC1. The number of hydrogen-bond donors (Lipinski definition) is 1. The Bertz CT molecular complexity index is 244. The molecule has 0 atom stereocenters. The molecule has 0 amide bonds. The van der Waals surface area contributed by atoms with Crippen molar-refractivity contribution in [3.05, 3.63) is 0 Å². The summed E-state index contributed by atoms with van der Waals surface area (Å²) in [5.74, 6) is 0. The van der Waals surface area contributed by atoms with E-state index in [0.29, 0.717) is 0 Å². The van der Waals surface area contributed by atoms with Crippen molar-refractivity contribution < 1.29 is 8.42 Å². The zero-order chi connectivity index (χ0) is 9.24. The lowest BCUT2D eigenvalue weighted by atomic mass is 9.74. The minimum Gasteiger partial charge on any atom is -0.218 e. The molecular formula is C7H16BNO2S. The van der Waals surface area contributed by atoms with Gasteiger partial charge >= 0.3 is 0 Å². The van der Waals surface area contributed by atoms with E-state index in [1.54, 1.807) is 0 Å². The van der Waals surface area contributed by atoms with Crippen LogP contribution in [0.2, 0.25) is 0 Å². The summed E-state index contributed by atoms with van der Waals surface area (Å²) in [6.45, 7) is 0. The Kier molecular flexibility index (Phi) is 2.83. The lowest BCUT2D eigenvalue weighted by Gasteiger charge is -2.32. The monoisotopic (exact) mass is 189 g/mol. The molecule has 1 rings (SSSR count). The van der Waals surface area contributed by atoms with Crippen LogP contribution in [0.5, 0.6) is 0 Å². The maximum absolute atomic E-state index is 11.6. The number of rotatable bonds is 2. The van der Waals surface area contributed by atoms with Crippen LogP contribution in [-0.4, -0.2) is 28.0 Å². The third kappa shape index (κ3) is 1.66. The standard InChI is InChI=1S/C7H16BNO2S/c1-9-12(10,11)7(8)5-3-2-4-6-7/h9H,2-6,8H2,1H3. The summed E-state index contributed by atoms with van der Waals surface area (Å²) in [6, 6.07) is 0. The van der Waals surface area contributed by atoms with E-state index in [4.69, 9.17) is 0 Å². The second-order valence-corrected chi connectivity index (χ2v) is 6.12. The van der Waals surface area contributed by atoms with Gasteiger partial charge in [-0.05, 0) is 19.9 Å². The molecule has 70 valence electrons. The van der Waals surface area contributed by atoms with E-state index in [1.807, 2.05) is 7.85 Å². The molecule has 0 radical (unpaired) electrons. The molecule has 0 saturated heterocycles. The number of sulfonamides is 1. The van der Waals surface area contributed by atoms with Gasteiger partial charge in [-0.2, -0.15) is 0 Å². The van der Waals surface area contributed by atoms with Crippen molar-refractivity contribution in [2.24, 2.45) is 0 Å². The fourth-order valence-corrected chi connectivity index (χ4v) is 3.13. The van der Waals surface area contributed by atoms with Gasteiger partial charge in [0.05, 0.1) is 4.65 Å². The van der Waals surface area contributed by atoms with Gasteiger partial charge in [-0.3, -0.25) is 0 Å². The van der Waals surface area contributed by atoms with E-state index in [0.717, 1.165) is 25.7 Å². The van der Waals surface area contributed by atoms with E-state index < -0.39 is 14.7 Å². The van der Waals surface area contributed by atoms with Crippen LogP contribution in [-0.2, 0) is 10.0 Å². The van der Waals surface area contributed by atoms with Crippen LogP contribution < -0.4 is 4.72 Å². The van der Waals surface area contributed by atoms with Crippen molar-refractivity contribution >= 4 is 17.9 Å². The van der Waals surface area contributed by atoms with Crippen molar-refractivity contribution in [1.82, 2.24) is 4.72 Å². The van der Waals surface area contributed by atoms with Gasteiger partial charge in [0.2, 0.25) is 10.0 Å². The molecule has 0 unspecified atom stereocenters. The molecule has 0 aliphatic heterocycles. The average molecular weight is 189 g/mol. The van der Waals surface area contributed by atoms with E-state index >= 15 is 0 Å². The molecule has 1 fully saturated rings. The van der Waals surface area contributed by atoms with E-state index in [-0.39, 0.29) is 0 Å². The first-order valence-corrected chi connectivity index (χ1v) is 5.93. The van der Waals surface area contributed by atoms with Crippen molar-refractivity contribution in [3.8, 4) is 0 Å². The van der Waals surface area contributed by atoms with Crippen LogP contribution in [0.4, 0.5) is 0 Å². The molecule has 0 aromatic rings. The predicted octanol–water partition coefficient (Wildman–Crippen LogP) is -0.171. The quantitative estimate of drug-likeness (QED) is 0.613. The highest BCUT2D eigenvalue weighted by atomic mass is 32.2. The van der Waals surface area contributed by atoms with Gasteiger partial charge in [-0.15, -0.1) is 0 Å². The molecule has 12 heavy (non-hydrogen) atoms. The first kappa shape index (κ1) is 10.1. The average Bonchev–Trinajstić information content (AvgIpc) is 2.06. The van der Waals surface area contributed by atoms with Crippen LogP contribution in [0.3, 0.4) is 0 Å². The van der Waals surface area contributed by atoms with Gasteiger partial charge in [0.1, 0.15) is 7.85 Å². The van der Waals surface area contributed by atoms with Gasteiger partial charge in [0.25, 0.3) is 0 Å². The molecule has 1 saturated carbocycles. The minimum absolute atomic E-state index is 0.514. The molecule has 3 nitrogen and oxygen atoms in total. The summed E-state index contributed by atoms with van der Waals surface area (Å²) in [5.41, 5.74) is 0. The summed E-state index contributed by atoms with van der Waals surface area (Å²) >= 11 is 0. The van der Waals surface area contributed by atoms with Crippen molar-refractivity contribution in [2.75, 3.05) is 7.05 Å². The van der Waals surface area contributed by atoms with Crippen molar-refractivity contribution in [2.45, 2.75) is 36.8 Å². The van der Waals surface area contributed by atoms with Gasteiger partial charge in [0, 0.05) is 0 Å².